The van der Waals surface area contributed by atoms with Crippen LogP contribution < -0.4 is 11.1 Å². The summed E-state index contributed by atoms with van der Waals surface area (Å²) in [5.74, 6) is -2.82. The van der Waals surface area contributed by atoms with Crippen LogP contribution in [-0.4, -0.2) is 178 Å². The number of esters is 2. The van der Waals surface area contributed by atoms with Crippen molar-refractivity contribution in [3.63, 3.8) is 0 Å². The number of benzene rings is 5. The Labute approximate surface area is 606 Å². The summed E-state index contributed by atoms with van der Waals surface area (Å²) in [6, 6.07) is 33.7. The number of hydrogen-bond acceptors (Lipinski definition) is 20. The van der Waals surface area contributed by atoms with Crippen molar-refractivity contribution in [3.05, 3.63) is 151 Å². The standard InChI is InChI=1S/C22H24N2O7S2.C17H14ClNO6S2.C14H17N3O4S.C6H11NO2.5C2H6.CH4/c1-3-30-22(25)20-21(33(28,29)23-13-14-31-16(2)15-23)18-11-7-8-12-19(18)24(20)32(26,27)17-9-5-4-6-10-17;1-2-25-17(20)15-16(26(18,21)22)13-10-6-7-11-14(13)19(15)27(23,24)12-8-4-3-5-9-12;1-9-8-17(6-7-21-9)22(19,20)13-10-4-2-3-5-11(10)16-12(13)14(15)18;1-5(8)6-4-7-2-3-9-6;5*1-2;/h4-12,16H,3,13-15H2,1-2H3;3-11H,2H2,1H3;2-5,9,16H,6-8H2,1H3,(H2,15,18);6-7H,2-4H2,1H3;5*1-2H3;1H4. The van der Waals surface area contributed by atoms with E-state index in [-0.39, 0.29) is 125 Å². The maximum Gasteiger partial charge on any atom is 0.357 e. The Morgan fingerprint density at radius 3 is 1.25 bits per heavy atom. The Morgan fingerprint density at radius 1 is 0.510 bits per heavy atom. The van der Waals surface area contributed by atoms with E-state index in [9.17, 15) is 61.3 Å². The minimum Gasteiger partial charge on any atom is -0.461 e. The van der Waals surface area contributed by atoms with Crippen molar-refractivity contribution in [2.24, 2.45) is 5.73 Å². The number of para-hydroxylation sites is 3. The first-order chi connectivity index (χ1) is 48.1. The van der Waals surface area contributed by atoms with Gasteiger partial charge >= 0.3 is 11.9 Å². The number of carbonyl (C=O) groups is 4. The van der Waals surface area contributed by atoms with Crippen LogP contribution in [0.4, 0.5) is 0 Å². The van der Waals surface area contributed by atoms with Crippen LogP contribution in [0.2, 0.25) is 0 Å². The molecule has 3 fully saturated rings. The largest absolute Gasteiger partial charge is 0.461 e. The summed E-state index contributed by atoms with van der Waals surface area (Å²) in [4.78, 5) is 49.5. The smallest absolute Gasteiger partial charge is 0.357 e. The number of fused-ring (bicyclic) bond motifs is 3. The van der Waals surface area contributed by atoms with Crippen molar-refractivity contribution < 1.29 is 85.0 Å². The van der Waals surface area contributed by atoms with Crippen molar-refractivity contribution in [1.29, 1.82) is 0 Å². The zero-order valence-electron chi connectivity index (χ0n) is 59.8. The Balaban J connectivity index is 0.000000465. The molecule has 0 bridgehead atoms. The topological polar surface area (TPSA) is 355 Å². The summed E-state index contributed by atoms with van der Waals surface area (Å²) in [6.07, 6.45) is -0.731. The molecule has 3 unspecified atom stereocenters. The second-order valence-corrected chi connectivity index (χ2v) is 30.3. The van der Waals surface area contributed by atoms with E-state index < -0.39 is 83.3 Å². The molecule has 0 aliphatic carbocycles. The molecule has 6 heterocycles. The lowest BCUT2D eigenvalue weighted by atomic mass is 10.2. The normalized spacial score (nSPS) is 16.1. The van der Waals surface area contributed by atoms with Gasteiger partial charge in [0.1, 0.15) is 26.5 Å². The second-order valence-electron chi connectivity index (χ2n) is 20.4. The van der Waals surface area contributed by atoms with E-state index in [1.807, 2.05) is 76.2 Å². The van der Waals surface area contributed by atoms with Gasteiger partial charge in [-0.15, -0.1) is 0 Å². The van der Waals surface area contributed by atoms with Gasteiger partial charge in [0.15, 0.2) is 17.2 Å². The molecule has 3 aliphatic heterocycles. The van der Waals surface area contributed by atoms with E-state index in [2.05, 4.69) is 10.3 Å². The van der Waals surface area contributed by atoms with Gasteiger partial charge in [0.25, 0.3) is 35.0 Å². The van der Waals surface area contributed by atoms with Crippen molar-refractivity contribution in [3.8, 4) is 0 Å². The molecule has 5 aromatic carbocycles. The van der Waals surface area contributed by atoms with Gasteiger partial charge in [0, 0.05) is 71.6 Å². The van der Waals surface area contributed by atoms with E-state index >= 15 is 0 Å². The molecular formula is C70H100ClN7O19S5. The molecule has 4 N–H and O–H groups in total. The van der Waals surface area contributed by atoms with E-state index in [0.717, 1.165) is 10.5 Å². The first kappa shape index (κ1) is 90.7. The van der Waals surface area contributed by atoms with E-state index in [4.69, 9.17) is 40.1 Å². The summed E-state index contributed by atoms with van der Waals surface area (Å²) < 4.78 is 162. The average Bonchev–Trinajstić information content (AvgIpc) is 1.57. The van der Waals surface area contributed by atoms with E-state index in [1.54, 1.807) is 81.4 Å². The third-order valence-corrected chi connectivity index (χ3v) is 22.9. The van der Waals surface area contributed by atoms with Crippen LogP contribution >= 0.6 is 10.7 Å². The first-order valence-electron chi connectivity index (χ1n) is 33.2. The number of nitrogens with zero attached hydrogens (tertiary/aromatic N) is 4. The molecule has 3 aromatic heterocycles. The van der Waals surface area contributed by atoms with Gasteiger partial charge in [0.05, 0.1) is 66.1 Å². The number of Topliss-reactive ketones (excluding diaryl/α,β-unsaturated/α-hetero) is 1. The highest BCUT2D eigenvalue weighted by Crippen LogP contribution is 2.38. The highest BCUT2D eigenvalue weighted by Gasteiger charge is 2.42. The van der Waals surface area contributed by atoms with Crippen LogP contribution in [0.3, 0.4) is 0 Å². The number of primary amides is 1. The molecule has 566 valence electrons. The predicted octanol–water partition coefficient (Wildman–Crippen LogP) is 11.5. The number of carbonyl (C=O) groups excluding carboxylic acids is 4. The van der Waals surface area contributed by atoms with Crippen LogP contribution in [0.15, 0.2) is 158 Å². The summed E-state index contributed by atoms with van der Waals surface area (Å²) >= 11 is 0. The number of nitrogens with one attached hydrogen (secondary N) is 2. The molecular weight excluding hydrogens is 1440 g/mol. The van der Waals surface area contributed by atoms with Crippen molar-refractivity contribution in [2.45, 2.75) is 154 Å². The van der Waals surface area contributed by atoms with Gasteiger partial charge in [-0.25, -0.2) is 59.6 Å². The molecule has 32 heteroatoms. The average molecular weight is 1540 g/mol. The molecule has 3 atom stereocenters. The maximum atomic E-state index is 13.8. The van der Waals surface area contributed by atoms with Crippen LogP contribution in [0, 0.1) is 0 Å². The number of H-pyrrole nitrogens is 1. The van der Waals surface area contributed by atoms with Gasteiger partial charge in [-0.2, -0.15) is 8.61 Å². The fraction of sp³-hybridized carbons (Fsp3) is 0.429. The van der Waals surface area contributed by atoms with E-state index in [1.165, 1.54) is 88.3 Å². The zero-order valence-corrected chi connectivity index (χ0v) is 64.6. The van der Waals surface area contributed by atoms with Gasteiger partial charge in [-0.3, -0.25) is 9.59 Å². The molecule has 0 spiro atoms. The number of nitrogens with two attached hydrogens (primary N) is 1. The lowest BCUT2D eigenvalue weighted by molar-refractivity contribution is -0.129. The zero-order chi connectivity index (χ0) is 76.2. The highest BCUT2D eigenvalue weighted by atomic mass is 35.7. The second kappa shape index (κ2) is 42.4. The predicted molar refractivity (Wildman–Crippen MR) is 399 cm³/mol. The number of hydrogen-bond donors (Lipinski definition) is 3. The third kappa shape index (κ3) is 21.6. The monoisotopic (exact) mass is 1540 g/mol. The number of ether oxygens (including phenoxy) is 5. The Morgan fingerprint density at radius 2 is 0.882 bits per heavy atom. The number of amides is 1. The van der Waals surface area contributed by atoms with Crippen LogP contribution in [0.5, 0.6) is 0 Å². The molecule has 26 nitrogen and oxygen atoms in total. The number of morpholine rings is 3. The fourth-order valence-electron chi connectivity index (χ4n) is 10.2. The maximum absolute atomic E-state index is 13.8. The Kier molecular flexibility index (Phi) is 37.7. The molecule has 102 heavy (non-hydrogen) atoms. The van der Waals surface area contributed by atoms with Crippen LogP contribution in [0.1, 0.15) is 143 Å². The summed E-state index contributed by atoms with van der Waals surface area (Å²) in [5.41, 5.74) is 4.72. The third-order valence-electron chi connectivity index (χ3n) is 14.2. The minimum absolute atomic E-state index is 0. The lowest BCUT2D eigenvalue weighted by Crippen LogP contribution is -2.44. The molecule has 3 aliphatic rings. The Bertz CT molecular complexity index is 4600. The molecule has 3 saturated heterocycles. The molecule has 8 aromatic rings. The summed E-state index contributed by atoms with van der Waals surface area (Å²) in [5, 5.41) is 3.67. The number of aromatic nitrogens is 3. The lowest BCUT2D eigenvalue weighted by Gasteiger charge is -2.30. The Hall–Kier alpha value is -7.40. The fourth-order valence-corrected chi connectivity index (χ4v) is 18.4. The number of halogens is 1. The molecule has 11 rings (SSSR count). The number of ketones is 1. The summed E-state index contributed by atoms with van der Waals surface area (Å²) in [7, 11) is -15.6. The number of aromatic amines is 1. The molecule has 1 amide bonds. The minimum atomic E-state index is -4.46. The number of sulfonamides is 2. The van der Waals surface area contributed by atoms with Gasteiger partial charge < -0.3 is 39.7 Å². The van der Waals surface area contributed by atoms with Crippen molar-refractivity contribution in [1.82, 2.24) is 26.9 Å². The van der Waals surface area contributed by atoms with Crippen LogP contribution in [-0.2, 0) is 77.6 Å². The van der Waals surface area contributed by atoms with Gasteiger partial charge in [0.2, 0.25) is 20.0 Å². The SMILES string of the molecule is C.CC.CC.CC.CC.CC.CC(=O)C1CNCCO1.CC1CN(S(=O)(=O)c2c(C(N)=O)[nH]c3ccccc23)CCO1.CCOC(=O)c1c(S(=O)(=O)Cl)c2ccccc2n1S(=O)(=O)c1ccccc1.CCOC(=O)c1c(S(=O)(=O)N2CCOC(C)C2)c2ccccc2n1S(=O)(=O)c1ccccc1. The highest BCUT2D eigenvalue weighted by molar-refractivity contribution is 8.14. The quantitative estimate of drug-likeness (QED) is 0.0634. The number of rotatable bonds is 15. The van der Waals surface area contributed by atoms with Gasteiger partial charge in [-0.05, 0) is 77.1 Å². The van der Waals surface area contributed by atoms with E-state index in [0.29, 0.717) is 34.6 Å². The summed E-state index contributed by atoms with van der Waals surface area (Å²) in [6.45, 7) is 31.4. The van der Waals surface area contributed by atoms with Gasteiger partial charge in [-0.1, -0.05) is 168 Å². The van der Waals surface area contributed by atoms with Crippen LogP contribution in [0.25, 0.3) is 32.7 Å². The first-order valence-corrected chi connectivity index (χ1v) is 41.3. The van der Waals surface area contributed by atoms with Crippen molar-refractivity contribution in [2.75, 3.05) is 72.3 Å². The molecule has 0 saturated carbocycles. The van der Waals surface area contributed by atoms with Crippen molar-refractivity contribution >= 4 is 116 Å². The molecule has 0 radical (unpaired) electrons.